The molecule has 1 N–H and O–H groups in total. The van der Waals surface area contributed by atoms with Crippen LogP contribution in [0, 0.1) is 24.2 Å². The van der Waals surface area contributed by atoms with Crippen molar-refractivity contribution < 1.29 is 0 Å². The van der Waals surface area contributed by atoms with Crippen LogP contribution in [0.1, 0.15) is 74.6 Å². The molecular weight excluding hydrogens is 328 g/mol. The van der Waals surface area contributed by atoms with E-state index >= 15 is 0 Å². The summed E-state index contributed by atoms with van der Waals surface area (Å²) in [4.78, 5) is 0. The number of hydrogen-bond donors (Lipinski definition) is 1. The standard InChI is InChI=1S/C23H28N2.C2H6/c1-3-19-11-12-21(14-22(19)15-24)20-9-7-18(8-10-20)16-25-23-6-4-5-17(2)13-23;1-2/h4-6,11-14,18,20,25H,3,7-10,16H2,1-2H3;1-2H3. The lowest BCUT2D eigenvalue weighted by atomic mass is 9.78. The molecule has 1 aliphatic carbocycles. The van der Waals surface area contributed by atoms with Crippen molar-refractivity contribution in [1.29, 1.82) is 5.26 Å². The molecule has 144 valence electrons. The first kappa shape index (κ1) is 21.0. The van der Waals surface area contributed by atoms with Crippen LogP contribution in [0.2, 0.25) is 0 Å². The first-order chi connectivity index (χ1) is 13.2. The van der Waals surface area contributed by atoms with Crippen molar-refractivity contribution in [3.63, 3.8) is 0 Å². The predicted octanol–water partition coefficient (Wildman–Crippen LogP) is 6.84. The Labute approximate surface area is 165 Å². The Morgan fingerprint density at radius 1 is 1.04 bits per heavy atom. The number of nitrogens with one attached hydrogen (secondary N) is 1. The lowest BCUT2D eigenvalue weighted by Crippen LogP contribution is -2.20. The molecule has 0 amide bonds. The molecule has 2 nitrogen and oxygen atoms in total. The van der Waals surface area contributed by atoms with Crippen LogP contribution in [-0.4, -0.2) is 6.54 Å². The highest BCUT2D eigenvalue weighted by molar-refractivity contribution is 5.45. The second-order valence-electron chi connectivity index (χ2n) is 7.35. The van der Waals surface area contributed by atoms with Gasteiger partial charge in [0.15, 0.2) is 0 Å². The van der Waals surface area contributed by atoms with Gasteiger partial charge in [-0.05, 0) is 85.8 Å². The van der Waals surface area contributed by atoms with E-state index in [1.807, 2.05) is 13.8 Å². The fourth-order valence-corrected chi connectivity index (χ4v) is 3.98. The van der Waals surface area contributed by atoms with E-state index < -0.39 is 0 Å². The van der Waals surface area contributed by atoms with E-state index in [1.165, 1.54) is 48.1 Å². The van der Waals surface area contributed by atoms with Crippen LogP contribution in [0.25, 0.3) is 0 Å². The SMILES string of the molecule is CC.CCc1ccc(C2CCC(CNc3cccc(C)c3)CC2)cc1C#N. The zero-order valence-electron chi connectivity index (χ0n) is 17.4. The molecule has 0 radical (unpaired) electrons. The third-order valence-corrected chi connectivity index (χ3v) is 5.57. The molecule has 0 bridgehead atoms. The molecule has 0 atom stereocenters. The lowest BCUT2D eigenvalue weighted by molar-refractivity contribution is 0.338. The van der Waals surface area contributed by atoms with Crippen molar-refractivity contribution in [3.05, 3.63) is 64.7 Å². The second kappa shape index (κ2) is 10.8. The van der Waals surface area contributed by atoms with Crippen molar-refractivity contribution >= 4 is 5.69 Å². The van der Waals surface area contributed by atoms with Gasteiger partial charge in [0.1, 0.15) is 0 Å². The van der Waals surface area contributed by atoms with E-state index in [0.29, 0.717) is 5.92 Å². The molecule has 0 unspecified atom stereocenters. The molecule has 3 rings (SSSR count). The van der Waals surface area contributed by atoms with Crippen LogP contribution in [0.15, 0.2) is 42.5 Å². The third kappa shape index (κ3) is 5.86. The molecule has 2 aromatic carbocycles. The van der Waals surface area contributed by atoms with Gasteiger partial charge in [-0.2, -0.15) is 5.26 Å². The number of hydrogen-bond acceptors (Lipinski definition) is 2. The number of benzene rings is 2. The summed E-state index contributed by atoms with van der Waals surface area (Å²) in [6.45, 7) is 9.31. The van der Waals surface area contributed by atoms with Crippen LogP contribution in [-0.2, 0) is 6.42 Å². The summed E-state index contributed by atoms with van der Waals surface area (Å²) in [5.74, 6) is 1.37. The highest BCUT2D eigenvalue weighted by Crippen LogP contribution is 2.36. The fraction of sp³-hybridized carbons (Fsp3) is 0.480. The number of nitriles is 1. The van der Waals surface area contributed by atoms with Crippen molar-refractivity contribution in [2.75, 3.05) is 11.9 Å². The van der Waals surface area contributed by atoms with Gasteiger partial charge in [-0.3, -0.25) is 0 Å². The number of rotatable bonds is 5. The summed E-state index contributed by atoms with van der Waals surface area (Å²) in [7, 11) is 0. The minimum absolute atomic E-state index is 0.619. The maximum atomic E-state index is 9.35. The first-order valence-corrected chi connectivity index (χ1v) is 10.5. The van der Waals surface area contributed by atoms with Gasteiger partial charge in [-0.1, -0.05) is 45.0 Å². The summed E-state index contributed by atoms with van der Waals surface area (Å²) >= 11 is 0. The van der Waals surface area contributed by atoms with Crippen LogP contribution in [0.4, 0.5) is 5.69 Å². The van der Waals surface area contributed by atoms with Crippen molar-refractivity contribution in [2.24, 2.45) is 5.92 Å². The summed E-state index contributed by atoms with van der Waals surface area (Å²) in [6.07, 6.45) is 5.93. The Morgan fingerprint density at radius 2 is 1.78 bits per heavy atom. The van der Waals surface area contributed by atoms with E-state index in [4.69, 9.17) is 0 Å². The van der Waals surface area contributed by atoms with Crippen molar-refractivity contribution in [2.45, 2.75) is 65.7 Å². The maximum absolute atomic E-state index is 9.35. The highest BCUT2D eigenvalue weighted by Gasteiger charge is 2.22. The van der Waals surface area contributed by atoms with Gasteiger partial charge in [-0.25, -0.2) is 0 Å². The summed E-state index contributed by atoms with van der Waals surface area (Å²) in [5.41, 5.74) is 5.93. The second-order valence-corrected chi connectivity index (χ2v) is 7.35. The fourth-order valence-electron chi connectivity index (χ4n) is 3.98. The van der Waals surface area contributed by atoms with E-state index in [2.05, 4.69) is 67.7 Å². The zero-order chi connectivity index (χ0) is 19.6. The topological polar surface area (TPSA) is 35.8 Å². The van der Waals surface area contributed by atoms with Crippen LogP contribution in [0.5, 0.6) is 0 Å². The average Bonchev–Trinajstić information content (AvgIpc) is 2.73. The molecule has 0 saturated heterocycles. The average molecular weight is 363 g/mol. The number of aryl methyl sites for hydroxylation is 2. The van der Waals surface area contributed by atoms with Gasteiger partial charge in [0.05, 0.1) is 11.6 Å². The van der Waals surface area contributed by atoms with Crippen LogP contribution < -0.4 is 5.32 Å². The Hall–Kier alpha value is -2.27. The molecule has 1 aliphatic rings. The molecule has 0 aliphatic heterocycles. The molecule has 1 fully saturated rings. The summed E-state index contributed by atoms with van der Waals surface area (Å²) in [6, 6.07) is 17.5. The molecule has 2 heteroatoms. The molecule has 2 aromatic rings. The maximum Gasteiger partial charge on any atom is 0.0994 e. The van der Waals surface area contributed by atoms with Crippen molar-refractivity contribution in [1.82, 2.24) is 0 Å². The Bertz CT molecular complexity index is 749. The molecule has 0 spiro atoms. The lowest BCUT2D eigenvalue weighted by Gasteiger charge is -2.29. The van der Waals surface area contributed by atoms with Gasteiger partial charge in [0, 0.05) is 12.2 Å². The minimum atomic E-state index is 0.619. The Kier molecular flexibility index (Phi) is 8.40. The van der Waals surface area contributed by atoms with E-state index in [0.717, 1.165) is 24.4 Å². The normalized spacial score (nSPS) is 18.8. The Balaban J connectivity index is 0.00000126. The zero-order valence-corrected chi connectivity index (χ0v) is 17.4. The first-order valence-electron chi connectivity index (χ1n) is 10.5. The molecular formula is C25H34N2. The molecule has 1 saturated carbocycles. The molecule has 0 heterocycles. The minimum Gasteiger partial charge on any atom is -0.385 e. The largest absolute Gasteiger partial charge is 0.385 e. The van der Waals surface area contributed by atoms with E-state index in [-0.39, 0.29) is 0 Å². The number of nitrogens with zero attached hydrogens (tertiary/aromatic N) is 1. The van der Waals surface area contributed by atoms with Crippen LogP contribution in [0.3, 0.4) is 0 Å². The van der Waals surface area contributed by atoms with Gasteiger partial charge in [-0.15, -0.1) is 0 Å². The molecule has 27 heavy (non-hydrogen) atoms. The van der Waals surface area contributed by atoms with Gasteiger partial charge >= 0.3 is 0 Å². The molecule has 0 aromatic heterocycles. The van der Waals surface area contributed by atoms with E-state index in [1.54, 1.807) is 0 Å². The third-order valence-electron chi connectivity index (χ3n) is 5.57. The van der Waals surface area contributed by atoms with Gasteiger partial charge < -0.3 is 5.32 Å². The predicted molar refractivity (Wildman–Crippen MR) is 116 cm³/mol. The van der Waals surface area contributed by atoms with Gasteiger partial charge in [0.25, 0.3) is 0 Å². The monoisotopic (exact) mass is 362 g/mol. The van der Waals surface area contributed by atoms with Crippen molar-refractivity contribution in [3.8, 4) is 6.07 Å². The summed E-state index contributed by atoms with van der Waals surface area (Å²) < 4.78 is 0. The quantitative estimate of drug-likeness (QED) is 0.632. The van der Waals surface area contributed by atoms with E-state index in [9.17, 15) is 5.26 Å². The smallest absolute Gasteiger partial charge is 0.0994 e. The Morgan fingerprint density at radius 3 is 2.41 bits per heavy atom. The van der Waals surface area contributed by atoms with Crippen LogP contribution >= 0.6 is 0 Å². The number of anilines is 1. The highest BCUT2D eigenvalue weighted by atomic mass is 14.9. The van der Waals surface area contributed by atoms with Gasteiger partial charge in [0.2, 0.25) is 0 Å². The summed E-state index contributed by atoms with van der Waals surface area (Å²) in [5, 5.41) is 13.0.